The molecular formula is C33H43N3O11. The van der Waals surface area contributed by atoms with Crippen molar-refractivity contribution < 1.29 is 53.2 Å². The molecule has 14 heteroatoms. The number of hydrogen-bond donors (Lipinski definition) is 3. The van der Waals surface area contributed by atoms with Gasteiger partial charge < -0.3 is 29.7 Å². The van der Waals surface area contributed by atoms with Crippen LogP contribution in [-0.4, -0.2) is 87.0 Å². The lowest BCUT2D eigenvalue weighted by Crippen LogP contribution is -2.46. The van der Waals surface area contributed by atoms with E-state index in [9.17, 15) is 29.1 Å². The predicted octanol–water partition coefficient (Wildman–Crippen LogP) is 4.77. The molecule has 3 N–H and O–H groups in total. The van der Waals surface area contributed by atoms with Crippen molar-refractivity contribution in [2.45, 2.75) is 85.2 Å². The van der Waals surface area contributed by atoms with Gasteiger partial charge in [-0.1, -0.05) is 12.1 Å². The van der Waals surface area contributed by atoms with Crippen molar-refractivity contribution in [3.05, 3.63) is 65.2 Å². The molecule has 0 saturated heterocycles. The van der Waals surface area contributed by atoms with Crippen molar-refractivity contribution in [2.75, 3.05) is 13.2 Å². The second-order valence-electron chi connectivity index (χ2n) is 13.3. The van der Waals surface area contributed by atoms with Crippen LogP contribution >= 0.6 is 0 Å². The fourth-order valence-electron chi connectivity index (χ4n) is 3.61. The van der Waals surface area contributed by atoms with Gasteiger partial charge in [-0.2, -0.15) is 4.99 Å². The second kappa shape index (κ2) is 15.6. The largest absolute Gasteiger partial charge is 0.482 e. The third-order valence-electron chi connectivity index (χ3n) is 5.42. The number of amidine groups is 1. The zero-order chi connectivity index (χ0) is 35.7. The zero-order valence-electron chi connectivity index (χ0n) is 28.1. The molecule has 0 aliphatic heterocycles. The maximum absolute atomic E-state index is 13.3. The minimum Gasteiger partial charge on any atom is -0.482 e. The van der Waals surface area contributed by atoms with Crippen molar-refractivity contribution in [1.82, 2.24) is 10.4 Å². The highest BCUT2D eigenvalue weighted by atomic mass is 16.7. The van der Waals surface area contributed by atoms with Crippen LogP contribution in [0.1, 0.15) is 88.6 Å². The van der Waals surface area contributed by atoms with Gasteiger partial charge in [-0.05, 0) is 98.7 Å². The lowest BCUT2D eigenvalue weighted by Gasteiger charge is -2.32. The van der Waals surface area contributed by atoms with Gasteiger partial charge in [0.2, 0.25) is 0 Å². The number of benzene rings is 2. The van der Waals surface area contributed by atoms with Crippen LogP contribution in [0.2, 0.25) is 0 Å². The number of ketones is 1. The minimum atomic E-state index is -1.31. The summed E-state index contributed by atoms with van der Waals surface area (Å²) in [6, 6.07) is 9.80. The van der Waals surface area contributed by atoms with Gasteiger partial charge in [-0.25, -0.2) is 14.4 Å². The monoisotopic (exact) mass is 657 g/mol. The van der Waals surface area contributed by atoms with Gasteiger partial charge in [0, 0.05) is 16.7 Å². The predicted molar refractivity (Wildman–Crippen MR) is 170 cm³/mol. The van der Waals surface area contributed by atoms with Crippen molar-refractivity contribution in [3.8, 4) is 5.75 Å². The summed E-state index contributed by atoms with van der Waals surface area (Å²) in [7, 11) is 0. The van der Waals surface area contributed by atoms with Gasteiger partial charge in [0.05, 0.1) is 12.2 Å². The molecule has 1 atom stereocenters. The highest BCUT2D eigenvalue weighted by Gasteiger charge is 2.33. The molecule has 0 radical (unpaired) electrons. The number of amides is 3. The maximum atomic E-state index is 13.3. The van der Waals surface area contributed by atoms with E-state index in [1.165, 1.54) is 48.5 Å². The van der Waals surface area contributed by atoms with Gasteiger partial charge in [0.15, 0.2) is 18.2 Å². The highest BCUT2D eigenvalue weighted by Crippen LogP contribution is 2.21. The molecule has 47 heavy (non-hydrogen) atoms. The van der Waals surface area contributed by atoms with E-state index in [-0.39, 0.29) is 28.3 Å². The second-order valence-corrected chi connectivity index (χ2v) is 13.3. The van der Waals surface area contributed by atoms with Crippen molar-refractivity contribution in [1.29, 1.82) is 0 Å². The summed E-state index contributed by atoms with van der Waals surface area (Å²) in [5, 5.41) is 21.8. The topological polar surface area (TPSA) is 190 Å². The number of carbonyl (C=O) groups is 5. The number of rotatable bonds is 10. The number of aliphatic imine (C=N–C) groups is 1. The molecule has 3 amide bonds. The quantitative estimate of drug-likeness (QED) is 0.138. The Morgan fingerprint density at radius 2 is 1.28 bits per heavy atom. The van der Waals surface area contributed by atoms with E-state index >= 15 is 0 Å². The average Bonchev–Trinajstić information content (AvgIpc) is 2.94. The summed E-state index contributed by atoms with van der Waals surface area (Å²) in [6.07, 6.45) is -1.96. The number of nitrogens with zero attached hydrogens (tertiary/aromatic N) is 2. The van der Waals surface area contributed by atoms with Crippen molar-refractivity contribution >= 4 is 35.7 Å². The Hall–Kier alpha value is -4.82. The molecule has 2 aromatic carbocycles. The molecule has 0 aliphatic carbocycles. The standard InChI is InChI=1S/C33H43N3O11/c1-31(2,3)45-29(42)35-27(36(47-33(7,8)9)30(43)46-32(4,5)6)21-10-12-22(13-11-21)28(41)34-24(18-37)26(40)20-14-16-23(17-15-20)44-19-25(38)39/h10-17,24,37H,18-19H2,1-9H3,(H,34,41)(H,38,39). The van der Waals surface area contributed by atoms with Crippen LogP contribution in [0.3, 0.4) is 0 Å². The van der Waals surface area contributed by atoms with Crippen LogP contribution in [0, 0.1) is 0 Å². The van der Waals surface area contributed by atoms with Gasteiger partial charge >= 0.3 is 18.2 Å². The third kappa shape index (κ3) is 13.2. The van der Waals surface area contributed by atoms with Crippen molar-refractivity contribution in [3.63, 3.8) is 0 Å². The Morgan fingerprint density at radius 1 is 0.766 bits per heavy atom. The summed E-state index contributed by atoms with van der Waals surface area (Å²) >= 11 is 0. The van der Waals surface area contributed by atoms with Gasteiger partial charge in [0.25, 0.3) is 5.91 Å². The molecular weight excluding hydrogens is 614 g/mol. The minimum absolute atomic E-state index is 0.0783. The van der Waals surface area contributed by atoms with Gasteiger partial charge in [-0.15, -0.1) is 5.06 Å². The first-order valence-electron chi connectivity index (χ1n) is 14.6. The first-order chi connectivity index (χ1) is 21.6. The average molecular weight is 658 g/mol. The van der Waals surface area contributed by atoms with Crippen molar-refractivity contribution in [2.24, 2.45) is 4.99 Å². The third-order valence-corrected chi connectivity index (χ3v) is 5.42. The molecule has 1 unspecified atom stereocenters. The smallest absolute Gasteiger partial charge is 0.440 e. The molecule has 0 fully saturated rings. The molecule has 0 saturated carbocycles. The van der Waals surface area contributed by atoms with Crippen LogP contribution < -0.4 is 10.1 Å². The van der Waals surface area contributed by atoms with E-state index in [4.69, 9.17) is 24.2 Å². The Morgan fingerprint density at radius 3 is 1.74 bits per heavy atom. The van der Waals surface area contributed by atoms with E-state index in [1.807, 2.05) is 0 Å². The Bertz CT molecular complexity index is 1460. The lowest BCUT2D eigenvalue weighted by atomic mass is 10.0. The molecule has 0 bridgehead atoms. The van der Waals surface area contributed by atoms with Crippen LogP contribution in [-0.2, 0) is 19.1 Å². The number of aliphatic hydroxyl groups excluding tert-OH is 1. The highest BCUT2D eigenvalue weighted by molar-refractivity contribution is 6.10. The van der Waals surface area contributed by atoms with Gasteiger partial charge in [0.1, 0.15) is 23.0 Å². The number of aliphatic carboxylic acids is 1. The number of ether oxygens (including phenoxy) is 3. The van der Waals surface area contributed by atoms with E-state index in [0.29, 0.717) is 0 Å². The number of hydroxylamine groups is 2. The number of nitrogens with one attached hydrogen (secondary N) is 1. The Balaban J connectivity index is 2.39. The summed E-state index contributed by atoms with van der Waals surface area (Å²) in [6.45, 7) is 13.7. The molecule has 14 nitrogen and oxygen atoms in total. The van der Waals surface area contributed by atoms with Crippen LogP contribution in [0.4, 0.5) is 9.59 Å². The number of carboxylic acid groups (broad SMARTS) is 1. The van der Waals surface area contributed by atoms with E-state index in [2.05, 4.69) is 10.3 Å². The van der Waals surface area contributed by atoms with Gasteiger partial charge in [-0.3, -0.25) is 14.4 Å². The van der Waals surface area contributed by atoms with E-state index in [0.717, 1.165) is 5.06 Å². The van der Waals surface area contributed by atoms with E-state index < -0.39 is 65.9 Å². The number of carbonyl (C=O) groups excluding carboxylic acids is 4. The molecule has 0 heterocycles. The first-order valence-corrected chi connectivity index (χ1v) is 14.6. The van der Waals surface area contributed by atoms with Crippen LogP contribution in [0.5, 0.6) is 5.75 Å². The number of Topliss-reactive ketones (excluding diaryl/α,β-unsaturated/α-hetero) is 1. The lowest BCUT2D eigenvalue weighted by molar-refractivity contribution is -0.169. The molecule has 0 aromatic heterocycles. The maximum Gasteiger partial charge on any atom is 0.440 e. The first kappa shape index (κ1) is 38.4. The summed E-state index contributed by atoms with van der Waals surface area (Å²) < 4.78 is 15.9. The SMILES string of the molecule is CC(C)(C)OC(=O)N=C(c1ccc(C(=O)NC(CO)C(=O)c2ccc(OCC(=O)O)cc2)cc1)N(OC(C)(C)C)C(=O)OC(C)(C)C. The fraction of sp³-hybridized carbons (Fsp3) is 0.455. The molecule has 0 aliphatic rings. The normalized spacial score (nSPS) is 12.9. The number of carboxylic acids is 1. The van der Waals surface area contributed by atoms with E-state index in [1.54, 1.807) is 62.3 Å². The zero-order valence-corrected chi connectivity index (χ0v) is 28.1. The molecule has 256 valence electrons. The Kier molecular flexibility index (Phi) is 12.8. The number of aliphatic hydroxyl groups is 1. The summed E-state index contributed by atoms with van der Waals surface area (Å²) in [5.74, 6) is -2.50. The molecule has 2 aromatic rings. The summed E-state index contributed by atoms with van der Waals surface area (Å²) in [5.41, 5.74) is -2.36. The molecule has 0 spiro atoms. The number of hydrogen-bond acceptors (Lipinski definition) is 10. The summed E-state index contributed by atoms with van der Waals surface area (Å²) in [4.78, 5) is 72.8. The molecule has 2 rings (SSSR count). The van der Waals surface area contributed by atoms with Crippen LogP contribution in [0.25, 0.3) is 0 Å². The fourth-order valence-corrected chi connectivity index (χ4v) is 3.61. The van der Waals surface area contributed by atoms with Crippen LogP contribution in [0.15, 0.2) is 53.5 Å². The Labute approximate surface area is 273 Å².